The number of hydrogen-bond donors (Lipinski definition) is 1. The maximum Gasteiger partial charge on any atom is 0.293 e. The summed E-state index contributed by atoms with van der Waals surface area (Å²) in [6.07, 6.45) is 3.08. The second-order valence-electron chi connectivity index (χ2n) is 7.63. The highest BCUT2D eigenvalue weighted by Gasteiger charge is 2.32. The van der Waals surface area contributed by atoms with Crippen molar-refractivity contribution in [1.29, 1.82) is 0 Å². The normalized spacial score (nSPS) is 23.8. The molecule has 0 radical (unpaired) electrons. The zero-order chi connectivity index (χ0) is 18.8. The molecule has 4 rings (SSSR count). The number of carbonyl (C=O) groups excluding carboxylic acids is 1. The number of nitrogens with zero attached hydrogens (tertiary/aromatic N) is 4. The fourth-order valence-electron chi connectivity index (χ4n) is 4.48. The van der Waals surface area contributed by atoms with E-state index in [1.807, 2.05) is 9.80 Å². The average Bonchev–Trinajstić information content (AvgIpc) is 3.40. The summed E-state index contributed by atoms with van der Waals surface area (Å²) in [7, 11) is 0. The van der Waals surface area contributed by atoms with Crippen LogP contribution in [0.25, 0.3) is 0 Å². The largest absolute Gasteiger partial charge is 0.366 e. The fourth-order valence-corrected chi connectivity index (χ4v) is 4.48. The number of nitrogens with one attached hydrogen (secondary N) is 1. The van der Waals surface area contributed by atoms with E-state index in [0.717, 1.165) is 65.1 Å². The Balaban J connectivity index is 1.48. The van der Waals surface area contributed by atoms with Crippen LogP contribution in [0, 0.1) is 10.1 Å². The lowest BCUT2D eigenvalue weighted by Gasteiger charge is -2.32. The number of nitro benzene ring substituents is 1. The first kappa shape index (κ1) is 18.2. The zero-order valence-corrected chi connectivity index (χ0v) is 15.6. The van der Waals surface area contributed by atoms with Crippen molar-refractivity contribution >= 4 is 17.3 Å². The molecule has 3 heterocycles. The van der Waals surface area contributed by atoms with Crippen molar-refractivity contribution in [2.45, 2.75) is 25.3 Å². The van der Waals surface area contributed by atoms with Crippen molar-refractivity contribution in [3.8, 4) is 0 Å². The predicted molar refractivity (Wildman–Crippen MR) is 103 cm³/mol. The molecular weight excluding hydrogens is 346 g/mol. The molecule has 1 unspecified atom stereocenters. The van der Waals surface area contributed by atoms with Gasteiger partial charge in [0.25, 0.3) is 11.6 Å². The Morgan fingerprint density at radius 3 is 2.56 bits per heavy atom. The molecule has 3 aliphatic rings. The number of likely N-dealkylation sites (tertiary alicyclic amines) is 1. The van der Waals surface area contributed by atoms with Crippen molar-refractivity contribution in [2.75, 3.05) is 57.3 Å². The molecule has 3 aliphatic heterocycles. The van der Waals surface area contributed by atoms with E-state index in [0.29, 0.717) is 23.8 Å². The van der Waals surface area contributed by atoms with Gasteiger partial charge in [-0.2, -0.15) is 0 Å². The second-order valence-corrected chi connectivity index (χ2v) is 7.63. The quantitative estimate of drug-likeness (QED) is 0.633. The number of piperazine rings is 1. The van der Waals surface area contributed by atoms with Crippen LogP contribution in [-0.2, 0) is 0 Å². The highest BCUT2D eigenvalue weighted by molar-refractivity contribution is 5.96. The van der Waals surface area contributed by atoms with Gasteiger partial charge in [0, 0.05) is 70.0 Å². The lowest BCUT2D eigenvalue weighted by Crippen LogP contribution is -2.49. The van der Waals surface area contributed by atoms with Crippen molar-refractivity contribution in [3.63, 3.8) is 0 Å². The van der Waals surface area contributed by atoms with Crippen molar-refractivity contribution in [3.05, 3.63) is 33.9 Å². The molecule has 8 nitrogen and oxygen atoms in total. The molecule has 1 atom stereocenters. The minimum atomic E-state index is -0.363. The van der Waals surface area contributed by atoms with Gasteiger partial charge in [-0.15, -0.1) is 0 Å². The number of anilines is 1. The van der Waals surface area contributed by atoms with Gasteiger partial charge in [-0.05, 0) is 31.4 Å². The van der Waals surface area contributed by atoms with Gasteiger partial charge in [0.15, 0.2) is 0 Å². The number of rotatable bonds is 4. The van der Waals surface area contributed by atoms with Crippen LogP contribution in [0.15, 0.2) is 18.2 Å². The molecule has 27 heavy (non-hydrogen) atoms. The Bertz CT molecular complexity index is 713. The number of benzene rings is 1. The van der Waals surface area contributed by atoms with Crippen LogP contribution in [0.2, 0.25) is 0 Å². The second kappa shape index (κ2) is 7.82. The molecule has 0 spiro atoms. The first-order valence-electron chi connectivity index (χ1n) is 9.91. The maximum absolute atomic E-state index is 12.9. The number of nitro groups is 1. The summed E-state index contributed by atoms with van der Waals surface area (Å²) in [6.45, 7) is 7.13. The lowest BCUT2D eigenvalue weighted by molar-refractivity contribution is -0.384. The van der Waals surface area contributed by atoms with E-state index >= 15 is 0 Å². The minimum absolute atomic E-state index is 0.0422. The topological polar surface area (TPSA) is 82.0 Å². The standard InChI is InChI=1S/C19H27N5O3/c25-19(23-10-5-16(14-23)21-11-6-20-7-12-21)15-3-4-17(18(13-15)24(26)27)22-8-1-2-9-22/h3-4,13,16,20H,1-2,5-12,14H2. The highest BCUT2D eigenvalue weighted by atomic mass is 16.6. The van der Waals surface area contributed by atoms with Gasteiger partial charge in [0.05, 0.1) is 4.92 Å². The van der Waals surface area contributed by atoms with E-state index in [1.54, 1.807) is 12.1 Å². The summed E-state index contributed by atoms with van der Waals surface area (Å²) in [5, 5.41) is 14.9. The molecule has 3 saturated heterocycles. The maximum atomic E-state index is 12.9. The number of amides is 1. The number of hydrogen-bond acceptors (Lipinski definition) is 6. The fraction of sp³-hybridized carbons (Fsp3) is 0.632. The lowest BCUT2D eigenvalue weighted by atomic mass is 10.1. The summed E-state index contributed by atoms with van der Waals surface area (Å²) in [6, 6.07) is 5.37. The van der Waals surface area contributed by atoms with Crippen LogP contribution in [0.1, 0.15) is 29.6 Å². The third-order valence-electron chi connectivity index (χ3n) is 5.98. The molecule has 0 aliphatic carbocycles. The van der Waals surface area contributed by atoms with Crippen LogP contribution in [0.4, 0.5) is 11.4 Å². The third kappa shape index (κ3) is 3.77. The molecule has 1 amide bonds. The van der Waals surface area contributed by atoms with Crippen LogP contribution in [-0.4, -0.2) is 79.0 Å². The minimum Gasteiger partial charge on any atom is -0.366 e. The van der Waals surface area contributed by atoms with E-state index in [9.17, 15) is 14.9 Å². The average molecular weight is 373 g/mol. The summed E-state index contributed by atoms with van der Waals surface area (Å²) in [5.74, 6) is -0.0938. The molecule has 8 heteroatoms. The first-order chi connectivity index (χ1) is 13.1. The monoisotopic (exact) mass is 373 g/mol. The zero-order valence-electron chi connectivity index (χ0n) is 15.6. The summed E-state index contributed by atoms with van der Waals surface area (Å²) in [4.78, 5) is 30.5. The van der Waals surface area contributed by atoms with Gasteiger partial charge < -0.3 is 15.1 Å². The van der Waals surface area contributed by atoms with E-state index in [2.05, 4.69) is 10.2 Å². The van der Waals surface area contributed by atoms with E-state index in [1.165, 1.54) is 6.07 Å². The SMILES string of the molecule is O=C(c1ccc(N2CCCC2)c([N+](=O)[O-])c1)N1CCC(N2CCNCC2)C1. The van der Waals surface area contributed by atoms with Gasteiger partial charge in [0.2, 0.25) is 0 Å². The number of carbonyl (C=O) groups is 1. The smallest absolute Gasteiger partial charge is 0.293 e. The van der Waals surface area contributed by atoms with Crippen molar-refractivity contribution in [1.82, 2.24) is 15.1 Å². The van der Waals surface area contributed by atoms with Gasteiger partial charge in [-0.1, -0.05) is 0 Å². The molecular formula is C19H27N5O3. The van der Waals surface area contributed by atoms with Crippen LogP contribution >= 0.6 is 0 Å². The Morgan fingerprint density at radius 1 is 1.11 bits per heavy atom. The van der Waals surface area contributed by atoms with Gasteiger partial charge >= 0.3 is 0 Å². The van der Waals surface area contributed by atoms with Gasteiger partial charge in [0.1, 0.15) is 5.69 Å². The van der Waals surface area contributed by atoms with Gasteiger partial charge in [-0.3, -0.25) is 19.8 Å². The third-order valence-corrected chi connectivity index (χ3v) is 5.98. The Labute approximate surface area is 159 Å². The Morgan fingerprint density at radius 2 is 1.85 bits per heavy atom. The molecule has 0 aromatic heterocycles. The molecule has 3 fully saturated rings. The summed E-state index contributed by atoms with van der Waals surface area (Å²) in [5.41, 5.74) is 1.10. The summed E-state index contributed by atoms with van der Waals surface area (Å²) >= 11 is 0. The van der Waals surface area contributed by atoms with E-state index in [-0.39, 0.29) is 16.5 Å². The summed E-state index contributed by atoms with van der Waals surface area (Å²) < 4.78 is 0. The van der Waals surface area contributed by atoms with Crippen LogP contribution < -0.4 is 10.2 Å². The highest BCUT2D eigenvalue weighted by Crippen LogP contribution is 2.32. The van der Waals surface area contributed by atoms with Crippen molar-refractivity contribution in [2.24, 2.45) is 0 Å². The van der Waals surface area contributed by atoms with Crippen LogP contribution in [0.5, 0.6) is 0 Å². The Kier molecular flexibility index (Phi) is 5.27. The molecule has 0 bridgehead atoms. The molecule has 1 aromatic carbocycles. The first-order valence-corrected chi connectivity index (χ1v) is 9.91. The van der Waals surface area contributed by atoms with E-state index < -0.39 is 0 Å². The molecule has 1 N–H and O–H groups in total. The van der Waals surface area contributed by atoms with E-state index in [4.69, 9.17) is 0 Å². The molecule has 0 saturated carbocycles. The molecule has 146 valence electrons. The Hall–Kier alpha value is -2.19. The van der Waals surface area contributed by atoms with Gasteiger partial charge in [-0.25, -0.2) is 0 Å². The van der Waals surface area contributed by atoms with Crippen molar-refractivity contribution < 1.29 is 9.72 Å². The molecule has 1 aromatic rings. The predicted octanol–water partition coefficient (Wildman–Crippen LogP) is 1.31. The van der Waals surface area contributed by atoms with Crippen LogP contribution in [0.3, 0.4) is 0 Å².